The molecule has 3 heterocycles. The number of hydrogen-bond acceptors (Lipinski definition) is 7. The van der Waals surface area contributed by atoms with E-state index in [0.717, 1.165) is 22.7 Å². The minimum Gasteiger partial charge on any atom is -0.369 e. The third-order valence-corrected chi connectivity index (χ3v) is 8.06. The molecular formula is C23H31N7O3S. The van der Waals surface area contributed by atoms with Crippen LogP contribution in [0.4, 0.5) is 17.3 Å². The van der Waals surface area contributed by atoms with E-state index in [1.807, 2.05) is 12.3 Å². The van der Waals surface area contributed by atoms with Gasteiger partial charge < -0.3 is 16.0 Å². The summed E-state index contributed by atoms with van der Waals surface area (Å²) in [5, 5.41) is 7.91. The molecule has 0 unspecified atom stereocenters. The molecule has 0 radical (unpaired) electrons. The van der Waals surface area contributed by atoms with Crippen LogP contribution in [0.15, 0.2) is 41.4 Å². The Balaban J connectivity index is 1.68. The van der Waals surface area contributed by atoms with Crippen LogP contribution in [-0.4, -0.2) is 60.4 Å². The molecule has 11 heteroatoms. The van der Waals surface area contributed by atoms with Crippen molar-refractivity contribution in [1.29, 1.82) is 0 Å². The number of fused-ring (bicyclic) bond motifs is 1. The number of primary amides is 1. The van der Waals surface area contributed by atoms with Crippen LogP contribution >= 0.6 is 0 Å². The van der Waals surface area contributed by atoms with E-state index in [9.17, 15) is 13.2 Å². The Morgan fingerprint density at radius 2 is 1.82 bits per heavy atom. The van der Waals surface area contributed by atoms with Gasteiger partial charge in [-0.3, -0.25) is 4.79 Å². The molecule has 2 aromatic heterocycles. The molecule has 3 aromatic rings. The molecule has 3 N–H and O–H groups in total. The lowest BCUT2D eigenvalue weighted by Gasteiger charge is -2.31. The van der Waals surface area contributed by atoms with E-state index in [1.54, 1.807) is 28.8 Å². The molecule has 34 heavy (non-hydrogen) atoms. The number of anilines is 3. The number of nitrogens with zero attached hydrogens (tertiary/aromatic N) is 5. The predicted molar refractivity (Wildman–Crippen MR) is 132 cm³/mol. The molecule has 1 saturated heterocycles. The summed E-state index contributed by atoms with van der Waals surface area (Å²) in [5.74, 6) is 1.40. The first-order valence-electron chi connectivity index (χ1n) is 11.3. The van der Waals surface area contributed by atoms with Crippen LogP contribution in [0.25, 0.3) is 5.65 Å². The highest BCUT2D eigenvalue weighted by Gasteiger charge is 2.25. The zero-order valence-corrected chi connectivity index (χ0v) is 20.7. The highest BCUT2D eigenvalue weighted by molar-refractivity contribution is 7.89. The first kappa shape index (κ1) is 24.0. The molecule has 1 amide bonds. The van der Waals surface area contributed by atoms with Crippen LogP contribution < -0.4 is 16.0 Å². The molecule has 1 fully saturated rings. The molecular weight excluding hydrogens is 454 g/mol. The van der Waals surface area contributed by atoms with Crippen molar-refractivity contribution in [3.8, 4) is 0 Å². The molecule has 1 aromatic carbocycles. The fourth-order valence-corrected chi connectivity index (χ4v) is 4.99. The van der Waals surface area contributed by atoms with Gasteiger partial charge in [0.25, 0.3) is 0 Å². The van der Waals surface area contributed by atoms with Gasteiger partial charge in [-0.05, 0) is 43.0 Å². The van der Waals surface area contributed by atoms with Gasteiger partial charge in [0.1, 0.15) is 11.6 Å². The summed E-state index contributed by atoms with van der Waals surface area (Å²) >= 11 is 0. The van der Waals surface area contributed by atoms with E-state index in [0.29, 0.717) is 31.7 Å². The SMILES string of the molecule is CC(C)c1cnn2c(Nc3ccc(S(=O)(=O)N(C)C)cc3)cc(N3CCC(C(N)=O)CC3)nc12. The van der Waals surface area contributed by atoms with Gasteiger partial charge in [-0.25, -0.2) is 17.7 Å². The Labute approximate surface area is 199 Å². The largest absolute Gasteiger partial charge is 0.369 e. The maximum atomic E-state index is 12.4. The minimum atomic E-state index is -3.50. The van der Waals surface area contributed by atoms with Gasteiger partial charge in [-0.2, -0.15) is 9.61 Å². The lowest BCUT2D eigenvalue weighted by atomic mass is 9.96. The van der Waals surface area contributed by atoms with Gasteiger partial charge in [-0.1, -0.05) is 13.8 Å². The lowest BCUT2D eigenvalue weighted by Crippen LogP contribution is -2.39. The fraction of sp³-hybridized carbons (Fsp3) is 0.435. The number of carbonyl (C=O) groups excluding carboxylic acids is 1. The quantitative estimate of drug-likeness (QED) is 0.527. The minimum absolute atomic E-state index is 0.101. The summed E-state index contributed by atoms with van der Waals surface area (Å²) < 4.78 is 27.7. The van der Waals surface area contributed by atoms with Gasteiger partial charge in [0, 0.05) is 50.4 Å². The van der Waals surface area contributed by atoms with Crippen LogP contribution in [0, 0.1) is 5.92 Å². The summed E-state index contributed by atoms with van der Waals surface area (Å²) in [6.07, 6.45) is 3.22. The third-order valence-electron chi connectivity index (χ3n) is 6.23. The Hall–Kier alpha value is -3.18. The normalized spacial score (nSPS) is 15.4. The summed E-state index contributed by atoms with van der Waals surface area (Å²) in [4.78, 5) is 18.9. The van der Waals surface area contributed by atoms with Crippen molar-refractivity contribution in [2.75, 3.05) is 37.4 Å². The van der Waals surface area contributed by atoms with E-state index in [4.69, 9.17) is 10.7 Å². The number of hydrogen-bond donors (Lipinski definition) is 2. The number of sulfonamides is 1. The average molecular weight is 486 g/mol. The number of benzene rings is 1. The molecule has 0 saturated carbocycles. The molecule has 1 aliphatic heterocycles. The fourth-order valence-electron chi connectivity index (χ4n) is 4.09. The van der Waals surface area contributed by atoms with Crippen molar-refractivity contribution in [3.63, 3.8) is 0 Å². The predicted octanol–water partition coefficient (Wildman–Crippen LogP) is 2.55. The summed E-state index contributed by atoms with van der Waals surface area (Å²) in [7, 11) is -0.487. The highest BCUT2D eigenvalue weighted by atomic mass is 32.2. The Morgan fingerprint density at radius 3 is 2.38 bits per heavy atom. The molecule has 0 spiro atoms. The smallest absolute Gasteiger partial charge is 0.242 e. The monoisotopic (exact) mass is 485 g/mol. The summed E-state index contributed by atoms with van der Waals surface area (Å²) in [6.45, 7) is 5.58. The standard InChI is InChI=1S/C23H31N7O3S/c1-15(2)19-14-25-30-21(26-17-5-7-18(8-6-17)34(32,33)28(3)4)13-20(27-23(19)30)29-11-9-16(10-12-29)22(24)31/h5-8,13-16,26H,9-12H2,1-4H3,(H2,24,31). The maximum absolute atomic E-state index is 12.4. The topological polar surface area (TPSA) is 126 Å². The molecule has 4 rings (SSSR count). The van der Waals surface area contributed by atoms with Crippen molar-refractivity contribution in [3.05, 3.63) is 42.1 Å². The van der Waals surface area contributed by atoms with E-state index < -0.39 is 10.0 Å². The molecule has 0 bridgehead atoms. The number of nitrogens with one attached hydrogen (secondary N) is 1. The van der Waals surface area contributed by atoms with E-state index in [1.165, 1.54) is 18.4 Å². The Bertz CT molecular complexity index is 1290. The van der Waals surface area contributed by atoms with E-state index >= 15 is 0 Å². The van der Waals surface area contributed by atoms with E-state index in [2.05, 4.69) is 29.2 Å². The molecule has 0 aliphatic carbocycles. The first-order chi connectivity index (χ1) is 16.1. The maximum Gasteiger partial charge on any atom is 0.242 e. The van der Waals surface area contributed by atoms with Crippen molar-refractivity contribution in [2.45, 2.75) is 37.5 Å². The van der Waals surface area contributed by atoms with Gasteiger partial charge in [-0.15, -0.1) is 0 Å². The molecule has 10 nitrogen and oxygen atoms in total. The van der Waals surface area contributed by atoms with Crippen LogP contribution in [0.1, 0.15) is 38.2 Å². The van der Waals surface area contributed by atoms with Gasteiger partial charge in [0.15, 0.2) is 5.65 Å². The number of aromatic nitrogens is 3. The zero-order valence-electron chi connectivity index (χ0n) is 19.9. The Morgan fingerprint density at radius 1 is 1.18 bits per heavy atom. The second-order valence-corrected chi connectivity index (χ2v) is 11.2. The average Bonchev–Trinajstić information content (AvgIpc) is 3.24. The number of piperidine rings is 1. The number of rotatable bonds is 7. The molecule has 0 atom stereocenters. The number of carbonyl (C=O) groups is 1. The van der Waals surface area contributed by atoms with Crippen LogP contribution in [-0.2, 0) is 14.8 Å². The van der Waals surface area contributed by atoms with Crippen LogP contribution in [0.5, 0.6) is 0 Å². The molecule has 1 aliphatic rings. The highest BCUT2D eigenvalue weighted by Crippen LogP contribution is 2.30. The third kappa shape index (κ3) is 4.58. The number of nitrogens with two attached hydrogens (primary N) is 1. The van der Waals surface area contributed by atoms with Gasteiger partial charge in [0.2, 0.25) is 15.9 Å². The van der Waals surface area contributed by atoms with E-state index in [-0.39, 0.29) is 22.6 Å². The summed E-state index contributed by atoms with van der Waals surface area (Å²) in [5.41, 5.74) is 8.02. The van der Waals surface area contributed by atoms with Crippen LogP contribution in [0.3, 0.4) is 0 Å². The second kappa shape index (κ2) is 9.22. The second-order valence-electron chi connectivity index (χ2n) is 9.09. The van der Waals surface area contributed by atoms with Gasteiger partial charge in [0.05, 0.1) is 11.1 Å². The molecule has 182 valence electrons. The Kier molecular flexibility index (Phi) is 6.50. The summed E-state index contributed by atoms with van der Waals surface area (Å²) in [6, 6.07) is 8.54. The zero-order chi connectivity index (χ0) is 24.6. The lowest BCUT2D eigenvalue weighted by molar-refractivity contribution is -0.122. The van der Waals surface area contributed by atoms with Crippen molar-refractivity contribution in [2.24, 2.45) is 11.7 Å². The van der Waals surface area contributed by atoms with Crippen molar-refractivity contribution >= 4 is 38.9 Å². The van der Waals surface area contributed by atoms with Crippen LogP contribution in [0.2, 0.25) is 0 Å². The van der Waals surface area contributed by atoms with Crippen molar-refractivity contribution < 1.29 is 13.2 Å². The first-order valence-corrected chi connectivity index (χ1v) is 12.7. The number of amides is 1. The van der Waals surface area contributed by atoms with Crippen molar-refractivity contribution in [1.82, 2.24) is 18.9 Å². The van der Waals surface area contributed by atoms with Gasteiger partial charge >= 0.3 is 0 Å².